The van der Waals surface area contributed by atoms with E-state index in [2.05, 4.69) is 29.1 Å². The minimum Gasteiger partial charge on any atom is -0.207 e. The number of hydrogen-bond acceptors (Lipinski definition) is 2. The molecule has 3 aromatic rings. The number of unbranched alkanes of at least 4 members (excludes halogenated alkanes) is 2. The van der Waals surface area contributed by atoms with E-state index in [0.29, 0.717) is 23.1 Å². The second-order valence-electron chi connectivity index (χ2n) is 7.19. The van der Waals surface area contributed by atoms with E-state index in [1.165, 1.54) is 12.1 Å². The Morgan fingerprint density at radius 3 is 1.91 bits per heavy atom. The highest BCUT2D eigenvalue weighted by Crippen LogP contribution is 2.29. The average Bonchev–Trinajstić information content (AvgIpc) is 2.77. The summed E-state index contributed by atoms with van der Waals surface area (Å²) >= 11 is 4.39. The van der Waals surface area contributed by atoms with Crippen molar-refractivity contribution < 1.29 is 17.6 Å². The molecular weight excluding hydrogens is 434 g/mol. The van der Waals surface area contributed by atoms with Crippen molar-refractivity contribution in [1.82, 2.24) is 0 Å². The zero-order chi connectivity index (χ0) is 23.1. The van der Waals surface area contributed by atoms with Gasteiger partial charge in [0.25, 0.3) is 0 Å². The quantitative estimate of drug-likeness (QED) is 0.122. The molecule has 0 aliphatic heterocycles. The predicted molar refractivity (Wildman–Crippen MR) is 122 cm³/mol. The number of halogens is 4. The number of nitrogens with zero attached hydrogens (tertiary/aromatic N) is 1. The van der Waals surface area contributed by atoms with Crippen LogP contribution in [-0.4, -0.2) is 5.16 Å². The highest BCUT2D eigenvalue weighted by molar-refractivity contribution is 7.78. The van der Waals surface area contributed by atoms with Crippen molar-refractivity contribution in [2.45, 2.75) is 32.6 Å². The lowest BCUT2D eigenvalue weighted by Crippen LogP contribution is -1.97. The summed E-state index contributed by atoms with van der Waals surface area (Å²) in [7, 11) is 0. The maximum atomic E-state index is 14.3. The number of rotatable bonds is 6. The van der Waals surface area contributed by atoms with Gasteiger partial charge in [0.2, 0.25) is 0 Å². The molecule has 1 nitrogen and oxygen atoms in total. The van der Waals surface area contributed by atoms with Gasteiger partial charge in [0.05, 0.1) is 5.16 Å². The van der Waals surface area contributed by atoms with Crippen LogP contribution in [0.25, 0.3) is 11.1 Å². The fourth-order valence-corrected chi connectivity index (χ4v) is 3.33. The van der Waals surface area contributed by atoms with Crippen LogP contribution in [0.1, 0.15) is 42.9 Å². The highest BCUT2D eigenvalue weighted by Gasteiger charge is 2.12. The van der Waals surface area contributed by atoms with Crippen LogP contribution < -0.4 is 0 Å². The van der Waals surface area contributed by atoms with Gasteiger partial charge in [-0.25, -0.2) is 17.6 Å². The Labute approximate surface area is 189 Å². The van der Waals surface area contributed by atoms with Crippen LogP contribution in [0.2, 0.25) is 0 Å². The van der Waals surface area contributed by atoms with E-state index < -0.39 is 29.0 Å². The molecule has 0 unspecified atom stereocenters. The van der Waals surface area contributed by atoms with Gasteiger partial charge in [0.15, 0.2) is 11.6 Å². The van der Waals surface area contributed by atoms with E-state index in [1.54, 1.807) is 24.3 Å². The molecule has 0 amide bonds. The van der Waals surface area contributed by atoms with Crippen LogP contribution >= 0.6 is 12.2 Å². The molecule has 3 aromatic carbocycles. The van der Waals surface area contributed by atoms with Gasteiger partial charge in [0, 0.05) is 16.7 Å². The third kappa shape index (κ3) is 5.70. The van der Waals surface area contributed by atoms with Gasteiger partial charge in [-0.2, -0.15) is 4.99 Å². The summed E-state index contributed by atoms with van der Waals surface area (Å²) in [6.45, 7) is 2.03. The van der Waals surface area contributed by atoms with Crippen molar-refractivity contribution in [3.63, 3.8) is 0 Å². The third-order valence-electron chi connectivity index (χ3n) is 4.92. The Morgan fingerprint density at radius 1 is 0.750 bits per heavy atom. The summed E-state index contributed by atoms with van der Waals surface area (Å²) in [5.41, 5.74) is 1.33. The molecule has 0 fully saturated rings. The van der Waals surface area contributed by atoms with Gasteiger partial charge in [-0.05, 0) is 72.6 Å². The lowest BCUT2D eigenvalue weighted by Gasteiger charge is -2.06. The molecule has 32 heavy (non-hydrogen) atoms. The van der Waals surface area contributed by atoms with Crippen molar-refractivity contribution in [3.8, 4) is 23.0 Å². The molecular formula is C26H19F4NS. The number of hydrogen-bond donors (Lipinski definition) is 0. The molecule has 0 spiro atoms. The summed E-state index contributed by atoms with van der Waals surface area (Å²) in [6.07, 6.45) is 2.99. The van der Waals surface area contributed by atoms with E-state index in [-0.39, 0.29) is 11.1 Å². The molecule has 162 valence electrons. The lowest BCUT2D eigenvalue weighted by atomic mass is 10.0. The molecule has 0 bridgehead atoms. The topological polar surface area (TPSA) is 12.4 Å². The number of aliphatic imine (C=N–C) groups is 1. The molecule has 0 N–H and O–H groups in total. The Hall–Kier alpha value is -3.26. The first-order valence-electron chi connectivity index (χ1n) is 10.1. The molecule has 0 heterocycles. The maximum absolute atomic E-state index is 14.3. The molecule has 3 rings (SSSR count). The van der Waals surface area contributed by atoms with Crippen LogP contribution in [0.5, 0.6) is 0 Å². The molecule has 0 aliphatic carbocycles. The van der Waals surface area contributed by atoms with Crippen LogP contribution in [-0.2, 0) is 6.42 Å². The van der Waals surface area contributed by atoms with Crippen LogP contribution in [0.3, 0.4) is 0 Å². The molecule has 0 atom stereocenters. The van der Waals surface area contributed by atoms with Gasteiger partial charge in [-0.3, -0.25) is 0 Å². The van der Waals surface area contributed by atoms with E-state index in [0.717, 1.165) is 31.4 Å². The van der Waals surface area contributed by atoms with E-state index in [4.69, 9.17) is 0 Å². The monoisotopic (exact) mass is 453 g/mol. The molecule has 0 aromatic heterocycles. The summed E-state index contributed by atoms with van der Waals surface area (Å²) in [6, 6.07) is 11.4. The number of benzene rings is 3. The van der Waals surface area contributed by atoms with Crippen LogP contribution in [0.4, 0.5) is 23.2 Å². The molecule has 0 saturated carbocycles. The summed E-state index contributed by atoms with van der Waals surface area (Å²) < 4.78 is 56.6. The fraction of sp³-hybridized carbons (Fsp3) is 0.192. The smallest absolute Gasteiger partial charge is 0.153 e. The summed E-state index contributed by atoms with van der Waals surface area (Å²) in [4.78, 5) is 3.39. The van der Waals surface area contributed by atoms with Gasteiger partial charge in [-0.1, -0.05) is 43.7 Å². The maximum Gasteiger partial charge on any atom is 0.153 e. The third-order valence-corrected chi connectivity index (χ3v) is 5.01. The van der Waals surface area contributed by atoms with Crippen LogP contribution in [0.15, 0.2) is 53.5 Å². The summed E-state index contributed by atoms with van der Waals surface area (Å²) in [5, 5.41) is 1.95. The zero-order valence-electron chi connectivity index (χ0n) is 17.3. The van der Waals surface area contributed by atoms with Gasteiger partial charge in [-0.15, -0.1) is 0 Å². The van der Waals surface area contributed by atoms with Crippen molar-refractivity contribution in [2.75, 3.05) is 0 Å². The van der Waals surface area contributed by atoms with Crippen molar-refractivity contribution in [2.24, 2.45) is 4.99 Å². The summed E-state index contributed by atoms with van der Waals surface area (Å²) in [5.74, 6) is 2.73. The molecule has 0 saturated heterocycles. The van der Waals surface area contributed by atoms with E-state index in [1.807, 2.05) is 12.1 Å². The van der Waals surface area contributed by atoms with E-state index >= 15 is 0 Å². The highest BCUT2D eigenvalue weighted by atomic mass is 32.1. The Balaban J connectivity index is 1.80. The number of thiocarbonyl (C=S) groups is 1. The molecule has 0 aliphatic rings. The first-order valence-corrected chi connectivity index (χ1v) is 10.5. The normalized spacial score (nSPS) is 10.3. The Kier molecular flexibility index (Phi) is 7.94. The second kappa shape index (κ2) is 10.9. The SMILES string of the molecule is CCCCCc1c(F)cc(C#Cc2ccc(-c3cc(F)c(N=C=S)c(F)c3)cc2)cc1F. The standard InChI is InChI=1S/C26H19F4NS/c1-2-3-4-5-21-22(27)12-18(13-23(21)28)7-6-17-8-10-19(11-9-17)20-14-24(29)26(31-16-32)25(30)15-20/h8-15H,2-5H2,1H3. The largest absolute Gasteiger partial charge is 0.207 e. The second-order valence-corrected chi connectivity index (χ2v) is 7.38. The Morgan fingerprint density at radius 2 is 1.34 bits per heavy atom. The lowest BCUT2D eigenvalue weighted by molar-refractivity contribution is 0.545. The van der Waals surface area contributed by atoms with Gasteiger partial charge < -0.3 is 0 Å². The minimum atomic E-state index is -0.844. The van der Waals surface area contributed by atoms with E-state index in [9.17, 15) is 17.6 Å². The van der Waals surface area contributed by atoms with Crippen LogP contribution in [0, 0.1) is 35.1 Å². The van der Waals surface area contributed by atoms with Crippen molar-refractivity contribution >= 4 is 23.1 Å². The van der Waals surface area contributed by atoms with Crippen molar-refractivity contribution in [1.29, 1.82) is 0 Å². The Bertz CT molecular complexity index is 1190. The zero-order valence-corrected chi connectivity index (χ0v) is 18.1. The number of isothiocyanates is 1. The van der Waals surface area contributed by atoms with Crippen molar-refractivity contribution in [3.05, 3.63) is 88.5 Å². The first kappa shape index (κ1) is 23.4. The average molecular weight is 454 g/mol. The minimum absolute atomic E-state index is 0.0927. The van der Waals surface area contributed by atoms with Gasteiger partial charge in [0.1, 0.15) is 17.3 Å². The molecule has 0 radical (unpaired) electrons. The van der Waals surface area contributed by atoms with Gasteiger partial charge >= 0.3 is 0 Å². The fourth-order valence-electron chi connectivity index (χ4n) is 3.24. The first-order chi connectivity index (χ1) is 15.4. The molecule has 6 heteroatoms. The predicted octanol–water partition coefficient (Wildman–Crippen LogP) is 7.78.